The molecular weight excluding hydrogens is 230 g/mol. The fourth-order valence-electron chi connectivity index (χ4n) is 2.38. The zero-order valence-corrected chi connectivity index (χ0v) is 10.6. The average molecular weight is 247 g/mol. The molecule has 0 unspecified atom stereocenters. The summed E-state index contributed by atoms with van der Waals surface area (Å²) in [5, 5.41) is 6.72. The molecule has 1 saturated carbocycles. The minimum atomic E-state index is -0.109. The highest BCUT2D eigenvalue weighted by atomic mass is 32.1. The first-order chi connectivity index (χ1) is 8.31. The zero-order valence-electron chi connectivity index (χ0n) is 9.82. The lowest BCUT2D eigenvalue weighted by molar-refractivity contribution is 0.0930. The second-order valence-corrected chi connectivity index (χ2v) is 5.31. The summed E-state index contributed by atoms with van der Waals surface area (Å²) >= 11 is 1.53. The lowest BCUT2D eigenvalue weighted by Gasteiger charge is -2.27. The zero-order chi connectivity index (χ0) is 12.1. The minimum absolute atomic E-state index is 0.0419. The van der Waals surface area contributed by atoms with Gasteiger partial charge in [-0.1, -0.05) is 25.2 Å². The van der Waals surface area contributed by atoms with Crippen molar-refractivity contribution in [3.8, 4) is 12.3 Å². The normalized spacial score (nSPS) is 18.3. The summed E-state index contributed by atoms with van der Waals surface area (Å²) in [6.07, 6.45) is 11.6. The van der Waals surface area contributed by atoms with Gasteiger partial charge < -0.3 is 5.32 Å². The van der Waals surface area contributed by atoms with Crippen molar-refractivity contribution in [2.24, 2.45) is 5.92 Å². The Hall–Kier alpha value is -1.27. The van der Waals surface area contributed by atoms with E-state index in [0.717, 1.165) is 12.8 Å². The van der Waals surface area contributed by atoms with Crippen LogP contribution in [0.25, 0.3) is 0 Å². The molecule has 0 aliphatic heterocycles. The third-order valence-corrected chi connectivity index (χ3v) is 4.05. The van der Waals surface area contributed by atoms with Crippen LogP contribution in [-0.4, -0.2) is 11.9 Å². The van der Waals surface area contributed by atoms with Gasteiger partial charge in [-0.2, -0.15) is 11.3 Å². The van der Waals surface area contributed by atoms with Gasteiger partial charge in [0.05, 0.1) is 11.6 Å². The molecule has 2 rings (SSSR count). The molecule has 1 amide bonds. The molecule has 3 heteroatoms. The number of rotatable bonds is 3. The number of carbonyl (C=O) groups excluding carboxylic acids is 1. The third kappa shape index (κ3) is 3.10. The highest BCUT2D eigenvalue weighted by Gasteiger charge is 2.23. The average Bonchev–Trinajstić information content (AvgIpc) is 2.90. The van der Waals surface area contributed by atoms with Gasteiger partial charge >= 0.3 is 0 Å². The molecule has 0 bridgehead atoms. The van der Waals surface area contributed by atoms with Crippen molar-refractivity contribution >= 4 is 17.2 Å². The summed E-state index contributed by atoms with van der Waals surface area (Å²) in [6.45, 7) is 0. The minimum Gasteiger partial charge on any atom is -0.338 e. The van der Waals surface area contributed by atoms with E-state index in [1.54, 1.807) is 0 Å². The van der Waals surface area contributed by atoms with Crippen LogP contribution in [0.15, 0.2) is 16.8 Å². The van der Waals surface area contributed by atoms with Gasteiger partial charge in [0.2, 0.25) is 0 Å². The van der Waals surface area contributed by atoms with Crippen LogP contribution < -0.4 is 5.32 Å². The number of carbonyl (C=O) groups is 1. The summed E-state index contributed by atoms with van der Waals surface area (Å²) in [7, 11) is 0. The fourth-order valence-corrected chi connectivity index (χ4v) is 3.02. The monoisotopic (exact) mass is 247 g/mol. The van der Waals surface area contributed by atoms with E-state index in [9.17, 15) is 4.79 Å². The Morgan fingerprint density at radius 3 is 2.82 bits per heavy atom. The maximum atomic E-state index is 11.9. The molecule has 2 nitrogen and oxygen atoms in total. The molecule has 1 aliphatic carbocycles. The molecule has 1 aromatic rings. The molecule has 1 fully saturated rings. The van der Waals surface area contributed by atoms with E-state index in [0.29, 0.717) is 11.5 Å². The Morgan fingerprint density at radius 2 is 2.24 bits per heavy atom. The van der Waals surface area contributed by atoms with Gasteiger partial charge in [-0.25, -0.2) is 0 Å². The smallest absolute Gasteiger partial charge is 0.253 e. The highest BCUT2D eigenvalue weighted by molar-refractivity contribution is 7.08. The van der Waals surface area contributed by atoms with Gasteiger partial charge in [-0.15, -0.1) is 6.42 Å². The maximum absolute atomic E-state index is 11.9. The van der Waals surface area contributed by atoms with Gasteiger partial charge in [-0.3, -0.25) is 4.79 Å². The van der Waals surface area contributed by atoms with E-state index in [1.807, 2.05) is 16.8 Å². The van der Waals surface area contributed by atoms with Gasteiger partial charge in [0, 0.05) is 5.38 Å². The number of nitrogens with one attached hydrogen (secondary N) is 1. The highest BCUT2D eigenvalue weighted by Crippen LogP contribution is 2.26. The lowest BCUT2D eigenvalue weighted by Crippen LogP contribution is -2.39. The second-order valence-electron chi connectivity index (χ2n) is 4.53. The topological polar surface area (TPSA) is 29.1 Å². The number of terminal acetylenes is 1. The summed E-state index contributed by atoms with van der Waals surface area (Å²) in [6, 6.07) is 1.72. The van der Waals surface area contributed by atoms with Crippen molar-refractivity contribution in [3.05, 3.63) is 22.4 Å². The number of hydrogen-bond donors (Lipinski definition) is 1. The predicted octanol–water partition coefficient (Wildman–Crippen LogP) is 3.06. The number of hydrogen-bond acceptors (Lipinski definition) is 2. The van der Waals surface area contributed by atoms with E-state index in [-0.39, 0.29) is 11.9 Å². The number of thiophene rings is 1. The molecule has 0 spiro atoms. The fraction of sp³-hybridized carbons (Fsp3) is 0.500. The van der Waals surface area contributed by atoms with Gasteiger partial charge in [0.1, 0.15) is 0 Å². The molecule has 0 saturated heterocycles. The molecule has 1 aromatic heterocycles. The second kappa shape index (κ2) is 5.88. The van der Waals surface area contributed by atoms with E-state index in [1.165, 1.54) is 30.6 Å². The quantitative estimate of drug-likeness (QED) is 0.817. The number of amides is 1. The Balaban J connectivity index is 1.95. The Kier molecular flexibility index (Phi) is 4.22. The van der Waals surface area contributed by atoms with Crippen LogP contribution in [-0.2, 0) is 0 Å². The van der Waals surface area contributed by atoms with Crippen LogP contribution in [0.4, 0.5) is 0 Å². The SMILES string of the molecule is C#C[C@@H](NC(=O)c1ccsc1)C1CCCCC1. The Morgan fingerprint density at radius 1 is 1.47 bits per heavy atom. The van der Waals surface area contributed by atoms with Crippen molar-refractivity contribution in [2.45, 2.75) is 38.1 Å². The van der Waals surface area contributed by atoms with Gasteiger partial charge in [0.25, 0.3) is 5.91 Å². The van der Waals surface area contributed by atoms with Crippen LogP contribution in [0.1, 0.15) is 42.5 Å². The summed E-state index contributed by atoms with van der Waals surface area (Å²) in [5.74, 6) is 3.15. The lowest BCUT2D eigenvalue weighted by atomic mass is 9.84. The van der Waals surface area contributed by atoms with Crippen LogP contribution >= 0.6 is 11.3 Å². The molecule has 1 N–H and O–H groups in total. The van der Waals surface area contributed by atoms with E-state index < -0.39 is 0 Å². The van der Waals surface area contributed by atoms with Gasteiger partial charge in [-0.05, 0) is 30.2 Å². The standard InChI is InChI=1S/C14H17NOS/c1-2-13(11-6-4-3-5-7-11)15-14(16)12-8-9-17-10-12/h1,8-11,13H,3-7H2,(H,15,16)/t13-/m1/s1. The molecule has 1 atom stereocenters. The molecule has 90 valence electrons. The van der Waals surface area contributed by atoms with Crippen molar-refractivity contribution in [1.82, 2.24) is 5.32 Å². The maximum Gasteiger partial charge on any atom is 0.253 e. The van der Waals surface area contributed by atoms with Crippen molar-refractivity contribution in [1.29, 1.82) is 0 Å². The van der Waals surface area contributed by atoms with Crippen LogP contribution in [0.2, 0.25) is 0 Å². The first-order valence-corrected chi connectivity index (χ1v) is 7.04. The van der Waals surface area contributed by atoms with E-state index >= 15 is 0 Å². The largest absolute Gasteiger partial charge is 0.338 e. The van der Waals surface area contributed by atoms with Crippen LogP contribution in [0.5, 0.6) is 0 Å². The molecule has 1 aliphatic rings. The molecule has 0 radical (unpaired) electrons. The van der Waals surface area contributed by atoms with E-state index in [4.69, 9.17) is 6.42 Å². The molecular formula is C14H17NOS. The van der Waals surface area contributed by atoms with Gasteiger partial charge in [0.15, 0.2) is 0 Å². The molecule has 17 heavy (non-hydrogen) atoms. The van der Waals surface area contributed by atoms with Crippen LogP contribution in [0.3, 0.4) is 0 Å². The first kappa shape index (κ1) is 12.2. The third-order valence-electron chi connectivity index (χ3n) is 3.37. The Labute approximate surface area is 106 Å². The van der Waals surface area contributed by atoms with E-state index in [2.05, 4.69) is 11.2 Å². The Bertz CT molecular complexity index is 398. The van der Waals surface area contributed by atoms with Crippen molar-refractivity contribution < 1.29 is 4.79 Å². The van der Waals surface area contributed by atoms with Crippen molar-refractivity contribution in [3.63, 3.8) is 0 Å². The first-order valence-electron chi connectivity index (χ1n) is 6.10. The summed E-state index contributed by atoms with van der Waals surface area (Å²) in [4.78, 5) is 11.9. The molecule has 1 heterocycles. The van der Waals surface area contributed by atoms with Crippen LogP contribution in [0, 0.1) is 18.3 Å². The predicted molar refractivity (Wildman–Crippen MR) is 71.0 cm³/mol. The van der Waals surface area contributed by atoms with Crippen molar-refractivity contribution in [2.75, 3.05) is 0 Å². The summed E-state index contributed by atoms with van der Waals surface area (Å²) in [5.41, 5.74) is 0.714. The summed E-state index contributed by atoms with van der Waals surface area (Å²) < 4.78 is 0. The molecule has 0 aromatic carbocycles.